The molecular formula is C19H24F3N3O3. The highest BCUT2D eigenvalue weighted by atomic mass is 19.4. The van der Waals surface area contributed by atoms with Gasteiger partial charge in [-0.1, -0.05) is 12.1 Å². The maximum atomic E-state index is 12.6. The number of hydrogen-bond donors (Lipinski definition) is 2. The Morgan fingerprint density at radius 2 is 1.93 bits per heavy atom. The molecule has 1 aromatic carbocycles. The van der Waals surface area contributed by atoms with Crippen molar-refractivity contribution in [2.45, 2.75) is 38.5 Å². The molecule has 2 saturated heterocycles. The number of carbonyl (C=O) groups is 2. The fourth-order valence-corrected chi connectivity index (χ4v) is 3.73. The van der Waals surface area contributed by atoms with Gasteiger partial charge < -0.3 is 15.3 Å². The maximum absolute atomic E-state index is 12.6. The lowest BCUT2D eigenvalue weighted by Gasteiger charge is -2.23. The first kappa shape index (κ1) is 20.4. The molecule has 2 unspecified atom stereocenters. The molecular weight excluding hydrogens is 375 g/mol. The molecule has 3 rings (SSSR count). The van der Waals surface area contributed by atoms with E-state index in [-0.39, 0.29) is 18.6 Å². The van der Waals surface area contributed by atoms with E-state index in [0.717, 1.165) is 30.7 Å². The van der Waals surface area contributed by atoms with Crippen LogP contribution < -0.4 is 5.32 Å². The summed E-state index contributed by atoms with van der Waals surface area (Å²) in [6, 6.07) is 4.80. The number of aliphatic carboxylic acids is 1. The summed E-state index contributed by atoms with van der Waals surface area (Å²) in [4.78, 5) is 27.3. The van der Waals surface area contributed by atoms with Gasteiger partial charge in [0.2, 0.25) is 0 Å². The van der Waals surface area contributed by atoms with Crippen molar-refractivity contribution in [1.29, 1.82) is 0 Å². The molecule has 0 aliphatic carbocycles. The largest absolute Gasteiger partial charge is 0.481 e. The van der Waals surface area contributed by atoms with Crippen LogP contribution in [-0.2, 0) is 17.5 Å². The summed E-state index contributed by atoms with van der Waals surface area (Å²) in [5.74, 6) is -0.897. The summed E-state index contributed by atoms with van der Waals surface area (Å²) in [6.45, 7) is 4.11. The predicted octanol–water partition coefficient (Wildman–Crippen LogP) is 2.79. The summed E-state index contributed by atoms with van der Waals surface area (Å²) < 4.78 is 37.9. The molecule has 0 bridgehead atoms. The van der Waals surface area contributed by atoms with Crippen LogP contribution in [0.1, 0.15) is 30.9 Å². The average Bonchev–Trinajstić information content (AvgIpc) is 3.22. The molecule has 2 heterocycles. The molecule has 0 saturated carbocycles. The lowest BCUT2D eigenvalue weighted by molar-refractivity contribution is -0.147. The van der Waals surface area contributed by atoms with E-state index in [1.807, 2.05) is 0 Å². The number of carboxylic acid groups (broad SMARTS) is 1. The second kappa shape index (κ2) is 7.62. The Morgan fingerprint density at radius 3 is 2.50 bits per heavy atom. The molecule has 6 nitrogen and oxygen atoms in total. The number of alkyl halides is 3. The number of nitrogens with zero attached hydrogens (tertiary/aromatic N) is 2. The molecule has 2 aliphatic rings. The molecule has 0 radical (unpaired) electrons. The van der Waals surface area contributed by atoms with Crippen molar-refractivity contribution in [2.24, 2.45) is 5.41 Å². The van der Waals surface area contributed by atoms with E-state index in [1.54, 1.807) is 6.92 Å². The number of hydrogen-bond acceptors (Lipinski definition) is 3. The van der Waals surface area contributed by atoms with Crippen LogP contribution in [0, 0.1) is 5.41 Å². The van der Waals surface area contributed by atoms with Crippen LogP contribution in [0.25, 0.3) is 0 Å². The number of amides is 2. The van der Waals surface area contributed by atoms with E-state index in [9.17, 15) is 27.9 Å². The molecule has 2 amide bonds. The van der Waals surface area contributed by atoms with Crippen LogP contribution in [0.2, 0.25) is 0 Å². The SMILES string of the molecule is CC1(C(=O)O)CCN(C(=O)NC2CCN(Cc3ccc(C(F)(F)F)cc3)C2)C1. The molecule has 2 aliphatic heterocycles. The number of rotatable bonds is 4. The Hall–Kier alpha value is -2.29. The second-order valence-corrected chi connectivity index (χ2v) is 7.90. The molecule has 0 aromatic heterocycles. The van der Waals surface area contributed by atoms with E-state index >= 15 is 0 Å². The summed E-state index contributed by atoms with van der Waals surface area (Å²) in [7, 11) is 0. The number of likely N-dealkylation sites (tertiary alicyclic amines) is 2. The lowest BCUT2D eigenvalue weighted by Crippen LogP contribution is -2.46. The number of urea groups is 1. The topological polar surface area (TPSA) is 72.9 Å². The van der Waals surface area contributed by atoms with Crippen molar-refractivity contribution in [1.82, 2.24) is 15.1 Å². The van der Waals surface area contributed by atoms with Crippen molar-refractivity contribution in [3.05, 3.63) is 35.4 Å². The van der Waals surface area contributed by atoms with Crippen LogP contribution in [0.4, 0.5) is 18.0 Å². The van der Waals surface area contributed by atoms with Crippen molar-refractivity contribution < 1.29 is 27.9 Å². The van der Waals surface area contributed by atoms with Gasteiger partial charge >= 0.3 is 18.2 Å². The Balaban J connectivity index is 1.48. The van der Waals surface area contributed by atoms with Crippen LogP contribution in [0.5, 0.6) is 0 Å². The standard InChI is InChI=1S/C19H24F3N3O3/c1-18(16(26)27)7-9-25(12-18)17(28)23-15-6-8-24(11-15)10-13-2-4-14(5-3-13)19(20,21)22/h2-5,15H,6-12H2,1H3,(H,23,28)(H,26,27). The summed E-state index contributed by atoms with van der Waals surface area (Å²) in [5.41, 5.74) is -0.778. The molecule has 2 atom stereocenters. The van der Waals surface area contributed by atoms with E-state index in [0.29, 0.717) is 26.1 Å². The highest BCUT2D eigenvalue weighted by Gasteiger charge is 2.42. The van der Waals surface area contributed by atoms with E-state index in [4.69, 9.17) is 0 Å². The van der Waals surface area contributed by atoms with Gasteiger partial charge in [0.05, 0.1) is 11.0 Å². The molecule has 28 heavy (non-hydrogen) atoms. The van der Waals surface area contributed by atoms with Crippen molar-refractivity contribution in [2.75, 3.05) is 26.2 Å². The summed E-state index contributed by atoms with van der Waals surface area (Å²) >= 11 is 0. The third kappa shape index (κ3) is 4.57. The molecule has 1 aromatic rings. The Bertz CT molecular complexity index is 738. The lowest BCUT2D eigenvalue weighted by atomic mass is 9.90. The van der Waals surface area contributed by atoms with Crippen molar-refractivity contribution in [3.8, 4) is 0 Å². The molecule has 2 N–H and O–H groups in total. The Morgan fingerprint density at radius 1 is 1.25 bits per heavy atom. The molecule has 2 fully saturated rings. The smallest absolute Gasteiger partial charge is 0.416 e. The van der Waals surface area contributed by atoms with Gasteiger partial charge in [-0.05, 0) is 37.5 Å². The summed E-state index contributed by atoms with van der Waals surface area (Å²) in [6.07, 6.45) is -3.16. The number of halogens is 3. The zero-order valence-electron chi connectivity index (χ0n) is 15.6. The van der Waals surface area contributed by atoms with E-state index in [2.05, 4.69) is 10.2 Å². The minimum atomic E-state index is -4.34. The van der Waals surface area contributed by atoms with E-state index < -0.39 is 23.1 Å². The zero-order valence-corrected chi connectivity index (χ0v) is 15.6. The van der Waals surface area contributed by atoms with E-state index in [1.165, 1.54) is 17.0 Å². The number of carbonyl (C=O) groups excluding carboxylic acids is 1. The second-order valence-electron chi connectivity index (χ2n) is 7.90. The van der Waals surface area contributed by atoms with Crippen LogP contribution in [0.15, 0.2) is 24.3 Å². The van der Waals surface area contributed by atoms with Gasteiger partial charge in [-0.25, -0.2) is 4.79 Å². The summed E-state index contributed by atoms with van der Waals surface area (Å²) in [5, 5.41) is 12.2. The average molecular weight is 399 g/mol. The minimum Gasteiger partial charge on any atom is -0.481 e. The van der Waals surface area contributed by atoms with Crippen molar-refractivity contribution in [3.63, 3.8) is 0 Å². The highest BCUT2D eigenvalue weighted by Crippen LogP contribution is 2.31. The maximum Gasteiger partial charge on any atom is 0.416 e. The minimum absolute atomic E-state index is 0.0568. The number of carboxylic acids is 1. The van der Waals surface area contributed by atoms with Gasteiger partial charge in [0.1, 0.15) is 0 Å². The Kier molecular flexibility index (Phi) is 5.56. The van der Waals surface area contributed by atoms with Gasteiger partial charge in [-0.2, -0.15) is 13.2 Å². The third-order valence-corrected chi connectivity index (χ3v) is 5.56. The Labute approximate surface area is 161 Å². The van der Waals surface area contributed by atoms with Gasteiger partial charge in [-0.15, -0.1) is 0 Å². The monoisotopic (exact) mass is 399 g/mol. The number of benzene rings is 1. The first-order valence-electron chi connectivity index (χ1n) is 9.24. The quantitative estimate of drug-likeness (QED) is 0.817. The number of nitrogens with one attached hydrogen (secondary N) is 1. The zero-order chi connectivity index (χ0) is 20.5. The third-order valence-electron chi connectivity index (χ3n) is 5.56. The molecule has 9 heteroatoms. The molecule has 154 valence electrons. The predicted molar refractivity (Wildman–Crippen MR) is 95.6 cm³/mol. The normalized spacial score (nSPS) is 25.9. The van der Waals surface area contributed by atoms with Crippen LogP contribution >= 0.6 is 0 Å². The van der Waals surface area contributed by atoms with Crippen LogP contribution in [0.3, 0.4) is 0 Å². The highest BCUT2D eigenvalue weighted by molar-refractivity contribution is 5.79. The first-order chi connectivity index (χ1) is 13.1. The van der Waals surface area contributed by atoms with Crippen LogP contribution in [-0.4, -0.2) is 59.1 Å². The fourth-order valence-electron chi connectivity index (χ4n) is 3.73. The molecule has 0 spiro atoms. The van der Waals surface area contributed by atoms with Gasteiger partial charge in [0, 0.05) is 38.8 Å². The van der Waals surface area contributed by atoms with Crippen molar-refractivity contribution >= 4 is 12.0 Å². The van der Waals surface area contributed by atoms with Gasteiger partial charge in [-0.3, -0.25) is 9.69 Å². The van der Waals surface area contributed by atoms with Gasteiger partial charge in [0.25, 0.3) is 0 Å². The fraction of sp³-hybridized carbons (Fsp3) is 0.579. The van der Waals surface area contributed by atoms with Gasteiger partial charge in [0.15, 0.2) is 0 Å². The first-order valence-corrected chi connectivity index (χ1v) is 9.24.